The van der Waals surface area contributed by atoms with Crippen molar-refractivity contribution in [2.24, 2.45) is 11.7 Å². The molecule has 1 heterocycles. The molecule has 2 aliphatic rings. The lowest BCUT2D eigenvalue weighted by atomic mass is 10.4. The molecule has 7 heteroatoms. The summed E-state index contributed by atoms with van der Waals surface area (Å²) >= 11 is 0. The molecule has 1 aromatic rings. The molecule has 0 spiro atoms. The van der Waals surface area contributed by atoms with Crippen LogP contribution in [-0.2, 0) is 16.6 Å². The van der Waals surface area contributed by atoms with Gasteiger partial charge in [-0.1, -0.05) is 0 Å². The van der Waals surface area contributed by atoms with Gasteiger partial charge in [-0.3, -0.25) is 4.68 Å². The minimum absolute atomic E-state index is 0.201. The van der Waals surface area contributed by atoms with Crippen molar-refractivity contribution in [2.45, 2.75) is 57.0 Å². The van der Waals surface area contributed by atoms with Crippen molar-refractivity contribution in [1.29, 1.82) is 0 Å². The predicted octanol–water partition coefficient (Wildman–Crippen LogP) is 1.02. The normalized spacial score (nSPS) is 19.4. The topological polar surface area (TPSA) is 81.2 Å². The fourth-order valence-corrected chi connectivity index (χ4v) is 5.01. The van der Waals surface area contributed by atoms with Crippen LogP contribution in [0.25, 0.3) is 0 Å². The van der Waals surface area contributed by atoms with Crippen molar-refractivity contribution in [2.75, 3.05) is 13.1 Å². The van der Waals surface area contributed by atoms with E-state index in [4.69, 9.17) is 5.73 Å². The summed E-state index contributed by atoms with van der Waals surface area (Å²) in [7, 11) is -3.44. The molecule has 0 aromatic carbocycles. The molecule has 2 N–H and O–H groups in total. The number of hydrogen-bond acceptors (Lipinski definition) is 4. The lowest BCUT2D eigenvalue weighted by Gasteiger charge is -2.22. The Morgan fingerprint density at radius 1 is 1.29 bits per heavy atom. The lowest BCUT2D eigenvalue weighted by molar-refractivity contribution is 0.388. The first kappa shape index (κ1) is 15.0. The number of aryl methyl sites for hydroxylation is 1. The van der Waals surface area contributed by atoms with E-state index in [-0.39, 0.29) is 6.04 Å². The second kappa shape index (κ2) is 5.37. The fraction of sp³-hybridized carbons (Fsp3) is 0.786. The van der Waals surface area contributed by atoms with Crippen LogP contribution in [-0.4, -0.2) is 41.6 Å². The SMILES string of the molecule is Cc1nn(CCN)c(C)c1S(=O)(=O)N(CC1CC1)C1CC1. The number of rotatable bonds is 7. The Hall–Kier alpha value is -0.920. The van der Waals surface area contributed by atoms with Gasteiger partial charge in [0.15, 0.2) is 0 Å². The number of nitrogens with zero attached hydrogens (tertiary/aromatic N) is 3. The van der Waals surface area contributed by atoms with Gasteiger partial charge in [-0.05, 0) is 45.4 Å². The third kappa shape index (κ3) is 2.86. The molecule has 1 aromatic heterocycles. The van der Waals surface area contributed by atoms with E-state index in [1.54, 1.807) is 15.9 Å². The van der Waals surface area contributed by atoms with Crippen molar-refractivity contribution in [3.05, 3.63) is 11.4 Å². The quantitative estimate of drug-likeness (QED) is 0.815. The fourth-order valence-electron chi connectivity index (χ4n) is 2.87. The Morgan fingerprint density at radius 3 is 2.48 bits per heavy atom. The molecule has 0 aliphatic heterocycles. The minimum atomic E-state index is -3.44. The van der Waals surface area contributed by atoms with E-state index in [1.165, 1.54) is 0 Å². The maximum atomic E-state index is 13.1. The zero-order chi connectivity index (χ0) is 15.2. The highest BCUT2D eigenvalue weighted by Crippen LogP contribution is 2.39. The summed E-state index contributed by atoms with van der Waals surface area (Å²) < 4.78 is 29.6. The third-order valence-electron chi connectivity index (χ3n) is 4.31. The lowest BCUT2D eigenvalue weighted by Crippen LogP contribution is -2.35. The van der Waals surface area contributed by atoms with E-state index in [0.717, 1.165) is 25.7 Å². The number of aromatic nitrogens is 2. The molecule has 3 rings (SSSR count). The number of hydrogen-bond donors (Lipinski definition) is 1. The highest BCUT2D eigenvalue weighted by atomic mass is 32.2. The molecule has 2 fully saturated rings. The van der Waals surface area contributed by atoms with Gasteiger partial charge in [0.2, 0.25) is 10.0 Å². The molecule has 0 saturated heterocycles. The van der Waals surface area contributed by atoms with Gasteiger partial charge in [0.1, 0.15) is 4.90 Å². The van der Waals surface area contributed by atoms with Crippen LogP contribution < -0.4 is 5.73 Å². The average molecular weight is 312 g/mol. The van der Waals surface area contributed by atoms with Crippen molar-refractivity contribution in [3.63, 3.8) is 0 Å². The first-order valence-electron chi connectivity index (χ1n) is 7.71. The largest absolute Gasteiger partial charge is 0.329 e. The molecule has 0 bridgehead atoms. The second-order valence-electron chi connectivity index (χ2n) is 6.26. The molecule has 2 saturated carbocycles. The molecule has 2 aliphatic carbocycles. The number of nitrogens with two attached hydrogens (primary N) is 1. The van der Waals surface area contributed by atoms with E-state index >= 15 is 0 Å². The molecule has 118 valence electrons. The molecular weight excluding hydrogens is 288 g/mol. The van der Waals surface area contributed by atoms with Crippen molar-refractivity contribution in [1.82, 2.24) is 14.1 Å². The number of sulfonamides is 1. The Balaban J connectivity index is 1.96. The summed E-state index contributed by atoms with van der Waals surface area (Å²) in [5.41, 5.74) is 6.86. The van der Waals surface area contributed by atoms with Crippen LogP contribution in [0.5, 0.6) is 0 Å². The summed E-state index contributed by atoms with van der Waals surface area (Å²) in [5.74, 6) is 0.556. The Morgan fingerprint density at radius 2 is 1.95 bits per heavy atom. The Labute approximate surface area is 126 Å². The molecule has 0 unspecified atom stereocenters. The van der Waals surface area contributed by atoms with Gasteiger partial charge in [-0.2, -0.15) is 9.40 Å². The van der Waals surface area contributed by atoms with Crippen LogP contribution in [0.3, 0.4) is 0 Å². The predicted molar refractivity (Wildman–Crippen MR) is 80.4 cm³/mol. The monoisotopic (exact) mass is 312 g/mol. The Kier molecular flexibility index (Phi) is 3.83. The summed E-state index contributed by atoms with van der Waals surface area (Å²) in [5, 5.41) is 4.35. The van der Waals surface area contributed by atoms with Gasteiger partial charge in [0.25, 0.3) is 0 Å². The van der Waals surface area contributed by atoms with Crippen LogP contribution >= 0.6 is 0 Å². The molecule has 21 heavy (non-hydrogen) atoms. The van der Waals surface area contributed by atoms with Gasteiger partial charge < -0.3 is 5.73 Å². The van der Waals surface area contributed by atoms with E-state index < -0.39 is 10.0 Å². The van der Waals surface area contributed by atoms with E-state index in [2.05, 4.69) is 5.10 Å². The molecule has 6 nitrogen and oxygen atoms in total. The van der Waals surface area contributed by atoms with Crippen LogP contribution in [0.15, 0.2) is 4.90 Å². The average Bonchev–Trinajstić information content (AvgIpc) is 3.28. The smallest absolute Gasteiger partial charge is 0.247 e. The Bertz CT molecular complexity index is 630. The summed E-state index contributed by atoms with van der Waals surface area (Å²) in [4.78, 5) is 0.392. The van der Waals surface area contributed by atoms with Crippen LogP contribution in [0, 0.1) is 19.8 Å². The van der Waals surface area contributed by atoms with Gasteiger partial charge >= 0.3 is 0 Å². The van der Waals surface area contributed by atoms with E-state index in [1.807, 2.05) is 6.92 Å². The van der Waals surface area contributed by atoms with Crippen molar-refractivity contribution >= 4 is 10.0 Å². The summed E-state index contributed by atoms with van der Waals surface area (Å²) in [6.45, 7) is 5.28. The second-order valence-corrected chi connectivity index (χ2v) is 8.09. The van der Waals surface area contributed by atoms with Gasteiger partial charge in [-0.25, -0.2) is 8.42 Å². The zero-order valence-corrected chi connectivity index (χ0v) is 13.6. The molecule has 0 atom stereocenters. The van der Waals surface area contributed by atoms with Gasteiger partial charge in [-0.15, -0.1) is 0 Å². The highest BCUT2D eigenvalue weighted by molar-refractivity contribution is 7.89. The van der Waals surface area contributed by atoms with Crippen molar-refractivity contribution in [3.8, 4) is 0 Å². The van der Waals surface area contributed by atoms with Gasteiger partial charge in [0.05, 0.1) is 17.9 Å². The molecule has 0 radical (unpaired) electrons. The molecular formula is C14H24N4O2S. The maximum Gasteiger partial charge on any atom is 0.247 e. The third-order valence-corrected chi connectivity index (χ3v) is 6.48. The van der Waals surface area contributed by atoms with Gasteiger partial charge in [0, 0.05) is 19.1 Å². The standard InChI is InChI=1S/C14H24N4O2S/c1-10-14(11(2)17(16-10)8-7-15)21(19,20)18(13-5-6-13)9-12-3-4-12/h12-13H,3-9,15H2,1-2H3. The van der Waals surface area contributed by atoms with Crippen LogP contribution in [0.4, 0.5) is 0 Å². The van der Waals surface area contributed by atoms with Crippen LogP contribution in [0.2, 0.25) is 0 Å². The summed E-state index contributed by atoms with van der Waals surface area (Å²) in [6.07, 6.45) is 4.29. The summed E-state index contributed by atoms with van der Waals surface area (Å²) in [6, 6.07) is 0.201. The first-order valence-corrected chi connectivity index (χ1v) is 9.15. The first-order chi connectivity index (χ1) is 9.95. The van der Waals surface area contributed by atoms with Crippen molar-refractivity contribution < 1.29 is 8.42 Å². The minimum Gasteiger partial charge on any atom is -0.329 e. The van der Waals surface area contributed by atoms with E-state index in [9.17, 15) is 8.42 Å². The van der Waals surface area contributed by atoms with Crippen LogP contribution in [0.1, 0.15) is 37.1 Å². The maximum absolute atomic E-state index is 13.1. The highest BCUT2D eigenvalue weighted by Gasteiger charge is 2.42. The van der Waals surface area contributed by atoms with E-state index in [0.29, 0.717) is 41.8 Å². The molecule has 0 amide bonds. The zero-order valence-electron chi connectivity index (χ0n) is 12.7.